The first-order valence-electron chi connectivity index (χ1n) is 6.64. The van der Waals surface area contributed by atoms with E-state index in [9.17, 15) is 9.18 Å². The predicted octanol–water partition coefficient (Wildman–Crippen LogP) is 2.67. The van der Waals surface area contributed by atoms with Crippen LogP contribution in [0.3, 0.4) is 0 Å². The highest BCUT2D eigenvalue weighted by Crippen LogP contribution is 2.28. The van der Waals surface area contributed by atoms with Gasteiger partial charge in [-0.25, -0.2) is 4.39 Å². The van der Waals surface area contributed by atoms with Crippen molar-refractivity contribution in [3.63, 3.8) is 0 Å². The van der Waals surface area contributed by atoms with Crippen molar-refractivity contribution in [1.82, 2.24) is 5.32 Å². The maximum atomic E-state index is 13.0. The Labute approximate surface area is 134 Å². The number of benzene rings is 1. The van der Waals surface area contributed by atoms with Crippen molar-refractivity contribution < 1.29 is 13.9 Å². The fourth-order valence-corrected chi connectivity index (χ4v) is 2.65. The lowest BCUT2D eigenvalue weighted by atomic mass is 9.98. The molecular weight excluding hydrogens is 318 g/mol. The van der Waals surface area contributed by atoms with Crippen molar-refractivity contribution in [1.29, 1.82) is 0 Å². The zero-order valence-electron chi connectivity index (χ0n) is 11.5. The smallest absolute Gasteiger partial charge is 0.258 e. The summed E-state index contributed by atoms with van der Waals surface area (Å²) in [6.07, 6.45) is 3.95. The third kappa shape index (κ3) is 4.73. The summed E-state index contributed by atoms with van der Waals surface area (Å²) >= 11 is 5.64. The van der Waals surface area contributed by atoms with Crippen molar-refractivity contribution in [2.45, 2.75) is 31.2 Å². The van der Waals surface area contributed by atoms with Crippen LogP contribution >= 0.6 is 24.0 Å². The van der Waals surface area contributed by atoms with E-state index in [0.29, 0.717) is 12.3 Å². The Bertz CT molecular complexity index is 494. The molecule has 4 nitrogen and oxygen atoms in total. The van der Waals surface area contributed by atoms with Gasteiger partial charge in [-0.2, -0.15) is 0 Å². The lowest BCUT2D eigenvalue weighted by Gasteiger charge is -2.28. The largest absolute Gasteiger partial charge is 0.484 e. The van der Waals surface area contributed by atoms with E-state index in [4.69, 9.17) is 22.1 Å². The summed E-state index contributed by atoms with van der Waals surface area (Å²) in [4.78, 5) is 11.9. The average Bonchev–Trinajstić information content (AvgIpc) is 2.89. The molecule has 0 heterocycles. The maximum Gasteiger partial charge on any atom is 0.258 e. The standard InChI is InChI=1S/C14H18ClFN2O2.ClH/c15-11-7-10(3-4-12(11)16)20-8-13(19)18-14(9-17)5-1-2-6-14;/h3-4,7H,1-2,5-6,8-9,17H2,(H,18,19);1H. The van der Waals surface area contributed by atoms with Gasteiger partial charge in [0, 0.05) is 12.6 Å². The molecule has 0 unspecified atom stereocenters. The number of hydrogen-bond acceptors (Lipinski definition) is 3. The van der Waals surface area contributed by atoms with Crippen LogP contribution in [0.4, 0.5) is 4.39 Å². The first kappa shape index (κ1) is 18.0. The van der Waals surface area contributed by atoms with Gasteiger partial charge in [0.25, 0.3) is 5.91 Å². The quantitative estimate of drug-likeness (QED) is 0.868. The van der Waals surface area contributed by atoms with Crippen molar-refractivity contribution in [2.75, 3.05) is 13.2 Å². The van der Waals surface area contributed by atoms with Crippen molar-refractivity contribution in [3.05, 3.63) is 29.0 Å². The number of nitrogens with two attached hydrogens (primary N) is 1. The van der Waals surface area contributed by atoms with Crippen LogP contribution in [0.2, 0.25) is 5.02 Å². The number of halogens is 3. The molecule has 0 aliphatic heterocycles. The molecule has 1 aromatic rings. The summed E-state index contributed by atoms with van der Waals surface area (Å²) in [5.41, 5.74) is 5.46. The number of ether oxygens (including phenoxy) is 1. The van der Waals surface area contributed by atoms with E-state index < -0.39 is 5.82 Å². The van der Waals surface area contributed by atoms with Gasteiger partial charge in [0.05, 0.1) is 10.6 Å². The van der Waals surface area contributed by atoms with Crippen molar-refractivity contribution >= 4 is 29.9 Å². The van der Waals surface area contributed by atoms with E-state index in [1.165, 1.54) is 18.2 Å². The van der Waals surface area contributed by atoms with E-state index in [-0.39, 0.29) is 35.5 Å². The summed E-state index contributed by atoms with van der Waals surface area (Å²) in [6.45, 7) is 0.296. The molecule has 1 fully saturated rings. The number of hydrogen-bond donors (Lipinski definition) is 2. The molecule has 2 rings (SSSR count). The molecule has 0 bridgehead atoms. The van der Waals surface area contributed by atoms with Crippen LogP contribution in [0.25, 0.3) is 0 Å². The number of amides is 1. The number of nitrogens with one attached hydrogen (secondary N) is 1. The molecule has 118 valence electrons. The van der Waals surface area contributed by atoms with Crippen LogP contribution in [0, 0.1) is 5.82 Å². The van der Waals surface area contributed by atoms with Crippen LogP contribution in [0.15, 0.2) is 18.2 Å². The van der Waals surface area contributed by atoms with Crippen LogP contribution in [0.5, 0.6) is 5.75 Å². The number of rotatable bonds is 5. The van der Waals surface area contributed by atoms with Crippen LogP contribution in [-0.4, -0.2) is 24.6 Å². The Morgan fingerprint density at radius 3 is 2.67 bits per heavy atom. The first-order valence-corrected chi connectivity index (χ1v) is 7.01. The molecule has 1 amide bonds. The normalized spacial score (nSPS) is 16.1. The Hall–Kier alpha value is -1.04. The van der Waals surface area contributed by atoms with Gasteiger partial charge >= 0.3 is 0 Å². The van der Waals surface area contributed by atoms with E-state index in [1.807, 2.05) is 0 Å². The lowest BCUT2D eigenvalue weighted by molar-refractivity contribution is -0.124. The Balaban J connectivity index is 0.00000220. The van der Waals surface area contributed by atoms with E-state index >= 15 is 0 Å². The molecule has 21 heavy (non-hydrogen) atoms. The lowest BCUT2D eigenvalue weighted by Crippen LogP contribution is -2.52. The van der Waals surface area contributed by atoms with Crippen LogP contribution < -0.4 is 15.8 Å². The molecule has 0 aromatic heterocycles. The molecule has 1 aliphatic rings. The highest BCUT2D eigenvalue weighted by atomic mass is 35.5. The topological polar surface area (TPSA) is 64.3 Å². The average molecular weight is 337 g/mol. The second kappa shape index (κ2) is 7.82. The van der Waals surface area contributed by atoms with Gasteiger partial charge in [0.2, 0.25) is 0 Å². The van der Waals surface area contributed by atoms with Gasteiger partial charge in [-0.1, -0.05) is 24.4 Å². The van der Waals surface area contributed by atoms with Crippen molar-refractivity contribution in [2.24, 2.45) is 5.73 Å². The van der Waals surface area contributed by atoms with Gasteiger partial charge in [-0.05, 0) is 25.0 Å². The molecule has 0 radical (unpaired) electrons. The molecule has 1 aliphatic carbocycles. The van der Waals surface area contributed by atoms with Crippen LogP contribution in [-0.2, 0) is 4.79 Å². The molecule has 1 saturated carbocycles. The monoisotopic (exact) mass is 336 g/mol. The van der Waals surface area contributed by atoms with Gasteiger partial charge in [0.15, 0.2) is 6.61 Å². The summed E-state index contributed by atoms with van der Waals surface area (Å²) in [6, 6.07) is 3.98. The SMILES string of the molecule is Cl.NCC1(NC(=O)COc2ccc(F)c(Cl)c2)CCCC1. The zero-order chi connectivity index (χ0) is 14.6. The minimum Gasteiger partial charge on any atom is -0.484 e. The molecule has 0 saturated heterocycles. The van der Waals surface area contributed by atoms with E-state index in [0.717, 1.165) is 25.7 Å². The minimum absolute atomic E-state index is 0. The third-order valence-corrected chi connectivity index (χ3v) is 3.91. The summed E-state index contributed by atoms with van der Waals surface area (Å²) in [7, 11) is 0. The Kier molecular flexibility index (Phi) is 6.71. The number of carbonyl (C=O) groups excluding carboxylic acids is 1. The molecular formula is C14H19Cl2FN2O2. The molecule has 0 spiro atoms. The second-order valence-electron chi connectivity index (χ2n) is 5.10. The van der Waals surface area contributed by atoms with Crippen LogP contribution in [0.1, 0.15) is 25.7 Å². The fourth-order valence-electron chi connectivity index (χ4n) is 2.48. The molecule has 0 atom stereocenters. The first-order chi connectivity index (χ1) is 9.54. The summed E-state index contributed by atoms with van der Waals surface area (Å²) in [5, 5.41) is 2.91. The Morgan fingerprint density at radius 2 is 2.10 bits per heavy atom. The highest BCUT2D eigenvalue weighted by Gasteiger charge is 2.33. The van der Waals surface area contributed by atoms with Crippen molar-refractivity contribution in [3.8, 4) is 5.75 Å². The fraction of sp³-hybridized carbons (Fsp3) is 0.500. The van der Waals surface area contributed by atoms with Gasteiger partial charge < -0.3 is 15.8 Å². The zero-order valence-corrected chi connectivity index (χ0v) is 13.1. The Morgan fingerprint density at radius 1 is 1.43 bits per heavy atom. The third-order valence-electron chi connectivity index (χ3n) is 3.62. The molecule has 7 heteroatoms. The summed E-state index contributed by atoms with van der Waals surface area (Å²) < 4.78 is 18.3. The highest BCUT2D eigenvalue weighted by molar-refractivity contribution is 6.30. The molecule has 3 N–H and O–H groups in total. The van der Waals surface area contributed by atoms with Gasteiger partial charge in [-0.15, -0.1) is 12.4 Å². The van der Waals surface area contributed by atoms with E-state index in [2.05, 4.69) is 5.32 Å². The molecule has 1 aromatic carbocycles. The minimum atomic E-state index is -0.517. The maximum absolute atomic E-state index is 13.0. The predicted molar refractivity (Wildman–Crippen MR) is 82.5 cm³/mol. The summed E-state index contributed by atoms with van der Waals surface area (Å²) in [5.74, 6) is -0.380. The second-order valence-corrected chi connectivity index (χ2v) is 5.51. The van der Waals surface area contributed by atoms with Gasteiger partial charge in [0.1, 0.15) is 11.6 Å². The van der Waals surface area contributed by atoms with E-state index in [1.54, 1.807) is 0 Å². The number of carbonyl (C=O) groups is 1. The van der Waals surface area contributed by atoms with Gasteiger partial charge in [-0.3, -0.25) is 4.79 Å².